The van der Waals surface area contributed by atoms with Gasteiger partial charge in [-0.2, -0.15) is 0 Å². The lowest BCUT2D eigenvalue weighted by Gasteiger charge is -2.31. The number of thiophene rings is 1. The number of nitrogens with two attached hydrogens (primary N) is 1. The maximum atomic E-state index is 12.4. The summed E-state index contributed by atoms with van der Waals surface area (Å²) in [5, 5.41) is 0.470. The number of anilines is 1. The first-order valence-electron chi connectivity index (χ1n) is 7.88. The molecule has 5 nitrogen and oxygen atoms in total. The van der Waals surface area contributed by atoms with Gasteiger partial charge in [-0.3, -0.25) is 4.79 Å². The molecule has 0 aromatic carbocycles. The smallest absolute Gasteiger partial charge is 0.341 e. The molecular formula is C17H25NO4S. The predicted molar refractivity (Wildman–Crippen MR) is 90.7 cm³/mol. The zero-order chi connectivity index (χ0) is 17.4. The molecular weight excluding hydrogens is 314 g/mol. The number of fused-ring (bicyclic) bond motifs is 1. The van der Waals surface area contributed by atoms with Gasteiger partial charge in [0.1, 0.15) is 10.6 Å². The summed E-state index contributed by atoms with van der Waals surface area (Å²) < 4.78 is 10.7. The lowest BCUT2D eigenvalue weighted by molar-refractivity contribution is -0.155. The van der Waals surface area contributed by atoms with E-state index in [2.05, 4.69) is 0 Å². The van der Waals surface area contributed by atoms with Gasteiger partial charge in [-0.1, -0.05) is 0 Å². The van der Waals surface area contributed by atoms with Crippen molar-refractivity contribution in [2.75, 3.05) is 12.3 Å². The zero-order valence-electron chi connectivity index (χ0n) is 14.4. The van der Waals surface area contributed by atoms with Crippen LogP contribution in [0.15, 0.2) is 0 Å². The Kier molecular flexibility index (Phi) is 4.76. The molecule has 23 heavy (non-hydrogen) atoms. The number of hydrogen-bond donors (Lipinski definition) is 1. The van der Waals surface area contributed by atoms with Crippen molar-refractivity contribution in [1.29, 1.82) is 0 Å². The van der Waals surface area contributed by atoms with Crippen molar-refractivity contribution >= 4 is 28.3 Å². The van der Waals surface area contributed by atoms with E-state index in [0.717, 1.165) is 10.4 Å². The van der Waals surface area contributed by atoms with E-state index in [9.17, 15) is 9.59 Å². The van der Waals surface area contributed by atoms with Crippen molar-refractivity contribution in [3.05, 3.63) is 16.0 Å². The van der Waals surface area contributed by atoms with Crippen molar-refractivity contribution in [3.63, 3.8) is 0 Å². The lowest BCUT2D eigenvalue weighted by atomic mass is 9.75. The normalized spacial score (nSPS) is 20.7. The molecule has 0 saturated heterocycles. The summed E-state index contributed by atoms with van der Waals surface area (Å²) in [5.41, 5.74) is 6.36. The van der Waals surface area contributed by atoms with Crippen LogP contribution >= 0.6 is 11.3 Å². The summed E-state index contributed by atoms with van der Waals surface area (Å²) in [6.45, 7) is 9.58. The molecule has 128 valence electrons. The van der Waals surface area contributed by atoms with Gasteiger partial charge in [0.05, 0.1) is 17.6 Å². The van der Waals surface area contributed by atoms with Gasteiger partial charge in [0, 0.05) is 4.88 Å². The second kappa shape index (κ2) is 6.15. The van der Waals surface area contributed by atoms with E-state index < -0.39 is 11.0 Å². The fraction of sp³-hybridized carbons (Fsp3) is 0.647. The quantitative estimate of drug-likeness (QED) is 0.855. The molecule has 0 bridgehead atoms. The van der Waals surface area contributed by atoms with Crippen LogP contribution in [-0.4, -0.2) is 24.1 Å². The van der Waals surface area contributed by atoms with E-state index in [1.807, 2.05) is 27.7 Å². The Balaban J connectivity index is 2.29. The monoisotopic (exact) mass is 339 g/mol. The van der Waals surface area contributed by atoms with Crippen LogP contribution in [-0.2, 0) is 27.1 Å². The number of carbonyl (C=O) groups excluding carboxylic acids is 2. The second-order valence-electron chi connectivity index (χ2n) is 7.20. The zero-order valence-corrected chi connectivity index (χ0v) is 15.3. The van der Waals surface area contributed by atoms with Gasteiger partial charge in [-0.05, 0) is 59.4 Å². The molecule has 0 spiro atoms. The summed E-state index contributed by atoms with van der Waals surface area (Å²) in [7, 11) is 0. The SMILES string of the molecule is CCOC(=O)C1(C)CCc2c(sc(N)c2C(=O)OC(C)(C)C)C1. The first kappa shape index (κ1) is 17.8. The van der Waals surface area contributed by atoms with Crippen LogP contribution in [0.5, 0.6) is 0 Å². The maximum Gasteiger partial charge on any atom is 0.341 e. The van der Waals surface area contributed by atoms with Gasteiger partial charge in [0.2, 0.25) is 0 Å². The fourth-order valence-corrected chi connectivity index (χ4v) is 4.11. The van der Waals surface area contributed by atoms with E-state index in [-0.39, 0.29) is 11.9 Å². The van der Waals surface area contributed by atoms with Gasteiger partial charge < -0.3 is 15.2 Å². The number of ether oxygens (including phenoxy) is 2. The minimum absolute atomic E-state index is 0.184. The molecule has 1 aliphatic rings. The van der Waals surface area contributed by atoms with Crippen LogP contribution in [0.1, 0.15) is 61.8 Å². The van der Waals surface area contributed by atoms with E-state index in [4.69, 9.17) is 15.2 Å². The summed E-state index contributed by atoms with van der Waals surface area (Å²) in [6.07, 6.45) is 1.83. The molecule has 2 N–H and O–H groups in total. The summed E-state index contributed by atoms with van der Waals surface area (Å²) in [4.78, 5) is 25.6. The summed E-state index contributed by atoms with van der Waals surface area (Å²) >= 11 is 1.38. The highest BCUT2D eigenvalue weighted by molar-refractivity contribution is 7.16. The van der Waals surface area contributed by atoms with Gasteiger partial charge in [0.15, 0.2) is 0 Å². The molecule has 1 atom stereocenters. The first-order valence-corrected chi connectivity index (χ1v) is 8.69. The third kappa shape index (κ3) is 3.68. The molecule has 0 radical (unpaired) electrons. The highest BCUT2D eigenvalue weighted by Crippen LogP contribution is 2.44. The molecule has 0 amide bonds. The minimum Gasteiger partial charge on any atom is -0.466 e. The first-order chi connectivity index (χ1) is 10.6. The van der Waals surface area contributed by atoms with E-state index in [0.29, 0.717) is 36.4 Å². The van der Waals surface area contributed by atoms with E-state index in [1.54, 1.807) is 6.92 Å². The Bertz CT molecular complexity index is 629. The van der Waals surface area contributed by atoms with Crippen LogP contribution in [0.3, 0.4) is 0 Å². The van der Waals surface area contributed by atoms with Crippen molar-refractivity contribution in [2.45, 2.75) is 59.5 Å². The average Bonchev–Trinajstić information content (AvgIpc) is 2.71. The molecule has 1 aliphatic carbocycles. The van der Waals surface area contributed by atoms with Crippen molar-refractivity contribution in [1.82, 2.24) is 0 Å². The Hall–Kier alpha value is -1.56. The molecule has 6 heteroatoms. The largest absolute Gasteiger partial charge is 0.466 e. The number of rotatable bonds is 3. The van der Waals surface area contributed by atoms with E-state index >= 15 is 0 Å². The molecule has 1 aromatic rings. The molecule has 2 rings (SSSR count). The van der Waals surface area contributed by atoms with Crippen molar-refractivity contribution in [3.8, 4) is 0 Å². The summed E-state index contributed by atoms with van der Waals surface area (Å²) in [5.74, 6) is -0.566. The standard InChI is InChI=1S/C17H25NO4S/c1-6-21-15(20)17(5)8-7-10-11(9-17)23-13(18)12(10)14(19)22-16(2,3)4/h6-9,18H2,1-5H3. The van der Waals surface area contributed by atoms with Gasteiger partial charge >= 0.3 is 11.9 Å². The number of nitrogen functional groups attached to an aromatic ring is 1. The molecule has 1 aromatic heterocycles. The Morgan fingerprint density at radius 3 is 2.57 bits per heavy atom. The van der Waals surface area contributed by atoms with Crippen LogP contribution in [0.4, 0.5) is 5.00 Å². The lowest BCUT2D eigenvalue weighted by Crippen LogP contribution is -2.35. The van der Waals surface area contributed by atoms with E-state index in [1.165, 1.54) is 11.3 Å². The highest BCUT2D eigenvalue weighted by Gasteiger charge is 2.41. The maximum absolute atomic E-state index is 12.4. The third-order valence-electron chi connectivity index (χ3n) is 3.97. The average molecular weight is 339 g/mol. The molecule has 0 fully saturated rings. The third-order valence-corrected chi connectivity index (χ3v) is 5.03. The number of carbonyl (C=O) groups is 2. The molecule has 0 saturated carbocycles. The number of esters is 2. The highest BCUT2D eigenvalue weighted by atomic mass is 32.1. The van der Waals surface area contributed by atoms with Gasteiger partial charge in [-0.15, -0.1) is 11.3 Å². The van der Waals surface area contributed by atoms with Crippen LogP contribution < -0.4 is 5.73 Å². The molecule has 0 aliphatic heterocycles. The van der Waals surface area contributed by atoms with Crippen molar-refractivity contribution in [2.24, 2.45) is 5.41 Å². The minimum atomic E-state index is -0.563. The fourth-order valence-electron chi connectivity index (χ4n) is 2.82. The van der Waals surface area contributed by atoms with Crippen molar-refractivity contribution < 1.29 is 19.1 Å². The van der Waals surface area contributed by atoms with Crippen LogP contribution in [0.25, 0.3) is 0 Å². The van der Waals surface area contributed by atoms with Gasteiger partial charge in [-0.25, -0.2) is 4.79 Å². The van der Waals surface area contributed by atoms with Crippen LogP contribution in [0.2, 0.25) is 0 Å². The second-order valence-corrected chi connectivity index (χ2v) is 8.34. The molecule has 1 unspecified atom stereocenters. The van der Waals surface area contributed by atoms with Crippen LogP contribution in [0, 0.1) is 5.41 Å². The Labute approximate surface area is 141 Å². The number of hydrogen-bond acceptors (Lipinski definition) is 6. The Morgan fingerprint density at radius 1 is 1.35 bits per heavy atom. The van der Waals surface area contributed by atoms with Gasteiger partial charge in [0.25, 0.3) is 0 Å². The summed E-state index contributed by atoms with van der Waals surface area (Å²) in [6, 6.07) is 0. The molecule has 1 heterocycles. The Morgan fingerprint density at radius 2 is 2.00 bits per heavy atom. The topological polar surface area (TPSA) is 78.6 Å². The predicted octanol–water partition coefficient (Wildman–Crippen LogP) is 3.34.